The molecule has 0 saturated heterocycles. The van der Waals surface area contributed by atoms with E-state index in [0.29, 0.717) is 11.3 Å². The van der Waals surface area contributed by atoms with E-state index in [9.17, 15) is 9.18 Å². The molecule has 0 fully saturated rings. The maximum absolute atomic E-state index is 13.4. The van der Waals surface area contributed by atoms with Crippen LogP contribution in [0.4, 0.5) is 10.1 Å². The smallest absolute Gasteiger partial charge is 0.252 e. The van der Waals surface area contributed by atoms with Gasteiger partial charge in [-0.2, -0.15) is 0 Å². The van der Waals surface area contributed by atoms with Crippen LogP contribution in [0, 0.1) is 12.7 Å². The molecule has 0 radical (unpaired) electrons. The number of hydrogen-bond donors (Lipinski definition) is 2. The Morgan fingerprint density at radius 3 is 2.58 bits per heavy atom. The highest BCUT2D eigenvalue weighted by atomic mass is 19.1. The van der Waals surface area contributed by atoms with Crippen LogP contribution in [0.1, 0.15) is 15.9 Å². The van der Waals surface area contributed by atoms with Gasteiger partial charge in [0.2, 0.25) is 0 Å². The van der Waals surface area contributed by atoms with Gasteiger partial charge in [-0.05, 0) is 30.7 Å². The zero-order valence-electron chi connectivity index (χ0n) is 10.3. The van der Waals surface area contributed by atoms with E-state index in [-0.39, 0.29) is 22.9 Å². The minimum atomic E-state index is -0.636. The number of rotatable bonds is 3. The molecule has 0 aliphatic rings. The summed E-state index contributed by atoms with van der Waals surface area (Å²) < 4.78 is 18.9. The Morgan fingerprint density at radius 2 is 1.95 bits per heavy atom. The van der Waals surface area contributed by atoms with Crippen LogP contribution in [0.25, 0.3) is 0 Å². The molecule has 4 N–H and O–H groups in total. The minimum Gasteiger partial charge on any atom is -0.456 e. The van der Waals surface area contributed by atoms with Gasteiger partial charge in [-0.25, -0.2) is 4.39 Å². The molecule has 0 spiro atoms. The number of hydrogen-bond acceptors (Lipinski definition) is 3. The molecule has 0 heterocycles. The zero-order chi connectivity index (χ0) is 14.0. The van der Waals surface area contributed by atoms with Crippen LogP contribution >= 0.6 is 0 Å². The lowest BCUT2D eigenvalue weighted by Gasteiger charge is -2.10. The van der Waals surface area contributed by atoms with Gasteiger partial charge in [0.25, 0.3) is 5.91 Å². The van der Waals surface area contributed by atoms with E-state index < -0.39 is 5.91 Å². The SMILES string of the molecule is Cc1ccc(Oc2cc(N)ccc2C(N)=O)cc1F. The number of amides is 1. The molecule has 0 aliphatic carbocycles. The molecule has 0 aromatic heterocycles. The standard InChI is InChI=1S/C14H13FN2O2/c1-8-2-4-10(7-12(8)15)19-13-6-9(16)3-5-11(13)14(17)18/h2-7H,16H2,1H3,(H2,17,18). The summed E-state index contributed by atoms with van der Waals surface area (Å²) in [6, 6.07) is 8.91. The third kappa shape index (κ3) is 2.82. The fraction of sp³-hybridized carbons (Fsp3) is 0.0714. The molecular weight excluding hydrogens is 247 g/mol. The third-order valence-corrected chi connectivity index (χ3v) is 2.64. The molecule has 0 atom stereocenters. The van der Waals surface area contributed by atoms with Crippen LogP contribution in [0.5, 0.6) is 11.5 Å². The molecule has 2 aromatic rings. The predicted molar refractivity (Wildman–Crippen MR) is 70.6 cm³/mol. The Bertz CT molecular complexity index is 641. The van der Waals surface area contributed by atoms with Crippen molar-refractivity contribution < 1.29 is 13.9 Å². The zero-order valence-corrected chi connectivity index (χ0v) is 10.3. The lowest BCUT2D eigenvalue weighted by Crippen LogP contribution is -2.12. The number of carbonyl (C=O) groups is 1. The molecule has 2 rings (SSSR count). The largest absolute Gasteiger partial charge is 0.456 e. The quantitative estimate of drug-likeness (QED) is 0.832. The van der Waals surface area contributed by atoms with E-state index in [4.69, 9.17) is 16.2 Å². The average Bonchev–Trinajstić information content (AvgIpc) is 2.33. The molecule has 98 valence electrons. The highest BCUT2D eigenvalue weighted by Gasteiger charge is 2.11. The minimum absolute atomic E-state index is 0.190. The number of benzene rings is 2. The first kappa shape index (κ1) is 12.9. The summed E-state index contributed by atoms with van der Waals surface area (Å²) >= 11 is 0. The van der Waals surface area contributed by atoms with Gasteiger partial charge in [0.1, 0.15) is 17.3 Å². The van der Waals surface area contributed by atoms with E-state index in [1.165, 1.54) is 18.2 Å². The van der Waals surface area contributed by atoms with Crippen molar-refractivity contribution in [3.05, 3.63) is 53.3 Å². The molecule has 19 heavy (non-hydrogen) atoms. The van der Waals surface area contributed by atoms with Crippen LogP contribution in [0.3, 0.4) is 0 Å². The Balaban J connectivity index is 2.39. The van der Waals surface area contributed by atoms with Crippen LogP contribution in [-0.2, 0) is 0 Å². The number of nitrogen functional groups attached to an aromatic ring is 1. The van der Waals surface area contributed by atoms with Gasteiger partial charge in [0.15, 0.2) is 0 Å². The molecule has 0 saturated carbocycles. The molecule has 4 nitrogen and oxygen atoms in total. The molecular formula is C14H13FN2O2. The number of primary amides is 1. The summed E-state index contributed by atoms with van der Waals surface area (Å²) in [6.07, 6.45) is 0. The Labute approximate surface area is 109 Å². The maximum atomic E-state index is 13.4. The van der Waals surface area contributed by atoms with Gasteiger partial charge in [-0.3, -0.25) is 4.79 Å². The fourth-order valence-electron chi connectivity index (χ4n) is 1.59. The van der Waals surface area contributed by atoms with Crippen molar-refractivity contribution >= 4 is 11.6 Å². The van der Waals surface area contributed by atoms with Gasteiger partial charge >= 0.3 is 0 Å². The summed E-state index contributed by atoms with van der Waals surface area (Å²) in [7, 11) is 0. The van der Waals surface area contributed by atoms with Crippen molar-refractivity contribution in [2.24, 2.45) is 5.73 Å². The number of halogens is 1. The third-order valence-electron chi connectivity index (χ3n) is 2.64. The van der Waals surface area contributed by atoms with Crippen molar-refractivity contribution in [2.45, 2.75) is 6.92 Å². The van der Waals surface area contributed by atoms with Crippen molar-refractivity contribution in [1.29, 1.82) is 0 Å². The maximum Gasteiger partial charge on any atom is 0.252 e. The summed E-state index contributed by atoms with van der Waals surface area (Å²) in [4.78, 5) is 11.3. The Hall–Kier alpha value is -2.56. The normalized spacial score (nSPS) is 10.2. The first-order chi connectivity index (χ1) is 8.97. The van der Waals surface area contributed by atoms with Crippen molar-refractivity contribution in [2.75, 3.05) is 5.73 Å². The van der Waals surface area contributed by atoms with E-state index in [1.54, 1.807) is 25.1 Å². The second-order valence-corrected chi connectivity index (χ2v) is 4.13. The second-order valence-electron chi connectivity index (χ2n) is 4.13. The van der Waals surface area contributed by atoms with Gasteiger partial charge in [0.05, 0.1) is 5.56 Å². The van der Waals surface area contributed by atoms with Crippen LogP contribution < -0.4 is 16.2 Å². The van der Waals surface area contributed by atoms with E-state index in [2.05, 4.69) is 0 Å². The van der Waals surface area contributed by atoms with Crippen LogP contribution in [0.2, 0.25) is 0 Å². The highest BCUT2D eigenvalue weighted by molar-refractivity contribution is 5.96. The second kappa shape index (κ2) is 4.97. The molecule has 2 aromatic carbocycles. The average molecular weight is 260 g/mol. The van der Waals surface area contributed by atoms with Crippen molar-refractivity contribution in [1.82, 2.24) is 0 Å². The Morgan fingerprint density at radius 1 is 1.21 bits per heavy atom. The summed E-state index contributed by atoms with van der Waals surface area (Å²) in [6.45, 7) is 1.65. The molecule has 0 bridgehead atoms. The van der Waals surface area contributed by atoms with Gasteiger partial charge < -0.3 is 16.2 Å². The fourth-order valence-corrected chi connectivity index (χ4v) is 1.59. The van der Waals surface area contributed by atoms with E-state index in [0.717, 1.165) is 0 Å². The van der Waals surface area contributed by atoms with Crippen LogP contribution in [-0.4, -0.2) is 5.91 Å². The molecule has 0 unspecified atom stereocenters. The topological polar surface area (TPSA) is 78.3 Å². The van der Waals surface area contributed by atoms with Gasteiger partial charge in [-0.15, -0.1) is 0 Å². The van der Waals surface area contributed by atoms with Crippen molar-refractivity contribution in [3.63, 3.8) is 0 Å². The van der Waals surface area contributed by atoms with E-state index in [1.807, 2.05) is 0 Å². The van der Waals surface area contributed by atoms with Gasteiger partial charge in [0, 0.05) is 17.8 Å². The van der Waals surface area contributed by atoms with Crippen LogP contribution in [0.15, 0.2) is 36.4 Å². The lowest BCUT2D eigenvalue weighted by molar-refractivity contribution is 0.0998. The first-order valence-electron chi connectivity index (χ1n) is 5.60. The molecule has 5 heteroatoms. The number of anilines is 1. The Kier molecular flexibility index (Phi) is 3.37. The lowest BCUT2D eigenvalue weighted by atomic mass is 10.1. The monoisotopic (exact) mass is 260 g/mol. The molecule has 0 aliphatic heterocycles. The number of nitrogens with two attached hydrogens (primary N) is 2. The van der Waals surface area contributed by atoms with E-state index >= 15 is 0 Å². The van der Waals surface area contributed by atoms with Gasteiger partial charge in [-0.1, -0.05) is 6.07 Å². The van der Waals surface area contributed by atoms with Crippen molar-refractivity contribution in [3.8, 4) is 11.5 Å². The highest BCUT2D eigenvalue weighted by Crippen LogP contribution is 2.28. The number of ether oxygens (including phenoxy) is 1. The first-order valence-corrected chi connectivity index (χ1v) is 5.60. The summed E-state index contributed by atoms with van der Waals surface area (Å²) in [5, 5.41) is 0. The predicted octanol–water partition coefficient (Wildman–Crippen LogP) is 2.61. The summed E-state index contributed by atoms with van der Waals surface area (Å²) in [5.41, 5.74) is 12.0. The molecule has 1 amide bonds. The number of carbonyl (C=O) groups excluding carboxylic acids is 1. The summed E-state index contributed by atoms with van der Waals surface area (Å²) in [5.74, 6) is -0.545. The number of aryl methyl sites for hydroxylation is 1.